The summed E-state index contributed by atoms with van der Waals surface area (Å²) in [7, 11) is 2.72. The van der Waals surface area contributed by atoms with E-state index in [-0.39, 0.29) is 0 Å². The molecule has 0 spiro atoms. The van der Waals surface area contributed by atoms with E-state index < -0.39 is 12.1 Å². The van der Waals surface area contributed by atoms with E-state index in [2.05, 4.69) is 0 Å². The second-order valence-corrected chi connectivity index (χ2v) is 2.75. The van der Waals surface area contributed by atoms with Gasteiger partial charge >= 0.3 is 12.1 Å². The lowest BCUT2D eigenvalue weighted by molar-refractivity contribution is -0.346. The molecule has 0 unspecified atom stereocenters. The lowest BCUT2D eigenvalue weighted by Gasteiger charge is -2.28. The van der Waals surface area contributed by atoms with Crippen molar-refractivity contribution in [1.29, 1.82) is 0 Å². The van der Waals surface area contributed by atoms with Gasteiger partial charge in [-0.3, -0.25) is 0 Å². The van der Waals surface area contributed by atoms with Crippen LogP contribution >= 0.6 is 0 Å². The number of carbonyl (C=O) groups is 1. The van der Waals surface area contributed by atoms with Gasteiger partial charge in [-0.15, -0.1) is 0 Å². The molecule has 0 saturated carbocycles. The number of rotatable bonds is 4. The van der Waals surface area contributed by atoms with Gasteiger partial charge in [0.1, 0.15) is 0 Å². The van der Waals surface area contributed by atoms with Crippen molar-refractivity contribution in [3.63, 3.8) is 0 Å². The van der Waals surface area contributed by atoms with Gasteiger partial charge in [0.15, 0.2) is 0 Å². The number of benzene rings is 1. The van der Waals surface area contributed by atoms with Crippen molar-refractivity contribution in [3.8, 4) is 0 Å². The summed E-state index contributed by atoms with van der Waals surface area (Å²) >= 11 is 0. The molecule has 5 heteroatoms. The van der Waals surface area contributed by atoms with Gasteiger partial charge in [-0.05, 0) is 12.1 Å². The highest BCUT2D eigenvalue weighted by atomic mass is 16.9. The maximum atomic E-state index is 10.7. The zero-order chi connectivity index (χ0) is 11.3. The van der Waals surface area contributed by atoms with Crippen molar-refractivity contribution in [2.24, 2.45) is 5.73 Å². The van der Waals surface area contributed by atoms with Crippen LogP contribution in [-0.2, 0) is 20.2 Å². The third-order valence-corrected chi connectivity index (χ3v) is 1.90. The predicted molar refractivity (Wildman–Crippen MR) is 52.8 cm³/mol. The van der Waals surface area contributed by atoms with Crippen LogP contribution in [0.1, 0.15) is 5.56 Å². The summed E-state index contributed by atoms with van der Waals surface area (Å²) in [4.78, 5) is 10.7. The second-order valence-electron chi connectivity index (χ2n) is 2.75. The van der Waals surface area contributed by atoms with E-state index in [1.807, 2.05) is 6.07 Å². The zero-order valence-electron chi connectivity index (χ0n) is 8.60. The molecule has 1 amide bonds. The SMILES string of the molecule is COC(OC)(OC(N)=O)c1ccccc1. The Labute approximate surface area is 87.7 Å². The first kappa shape index (κ1) is 11.5. The van der Waals surface area contributed by atoms with E-state index in [0.717, 1.165) is 0 Å². The monoisotopic (exact) mass is 211 g/mol. The molecule has 0 saturated heterocycles. The molecule has 0 aliphatic carbocycles. The molecule has 0 fully saturated rings. The van der Waals surface area contributed by atoms with Crippen LogP contribution in [0, 0.1) is 0 Å². The van der Waals surface area contributed by atoms with Gasteiger partial charge in [-0.1, -0.05) is 18.2 Å². The van der Waals surface area contributed by atoms with Crippen LogP contribution in [0.3, 0.4) is 0 Å². The third-order valence-electron chi connectivity index (χ3n) is 1.90. The Kier molecular flexibility index (Phi) is 3.65. The number of nitrogens with two attached hydrogens (primary N) is 1. The lowest BCUT2D eigenvalue weighted by atomic mass is 10.2. The minimum Gasteiger partial charge on any atom is -0.387 e. The lowest BCUT2D eigenvalue weighted by Crippen LogP contribution is -2.38. The first-order valence-corrected chi connectivity index (χ1v) is 4.29. The van der Waals surface area contributed by atoms with Gasteiger partial charge in [-0.25, -0.2) is 4.79 Å². The Bertz CT molecular complexity index is 321. The molecule has 0 aromatic heterocycles. The van der Waals surface area contributed by atoms with Gasteiger partial charge in [0.2, 0.25) is 0 Å². The molecule has 0 bridgehead atoms. The van der Waals surface area contributed by atoms with E-state index in [1.54, 1.807) is 24.3 Å². The Balaban J connectivity index is 3.05. The highest BCUT2D eigenvalue weighted by molar-refractivity contribution is 5.65. The highest BCUT2D eigenvalue weighted by Crippen LogP contribution is 2.27. The van der Waals surface area contributed by atoms with Crippen LogP contribution in [0.25, 0.3) is 0 Å². The van der Waals surface area contributed by atoms with Crippen LogP contribution in [0.15, 0.2) is 30.3 Å². The Morgan fingerprint density at radius 2 is 1.73 bits per heavy atom. The Morgan fingerprint density at radius 3 is 2.13 bits per heavy atom. The topological polar surface area (TPSA) is 70.8 Å². The van der Waals surface area contributed by atoms with E-state index in [9.17, 15) is 4.79 Å². The predicted octanol–water partition coefficient (Wildman–Crippen LogP) is 1.19. The number of amides is 1. The summed E-state index contributed by atoms with van der Waals surface area (Å²) in [5, 5.41) is 0. The molecule has 2 N–H and O–H groups in total. The molecule has 1 aromatic rings. The summed E-state index contributed by atoms with van der Waals surface area (Å²) in [6, 6.07) is 8.77. The standard InChI is InChI=1S/C10H13NO4/c1-13-10(14-2,15-9(11)12)8-6-4-3-5-7-8/h3-7H,1-2H3,(H2,11,12). The Hall–Kier alpha value is -1.59. The fraction of sp³-hybridized carbons (Fsp3) is 0.300. The summed E-state index contributed by atoms with van der Waals surface area (Å²) in [5.41, 5.74) is 5.50. The summed E-state index contributed by atoms with van der Waals surface area (Å²) in [6.07, 6.45) is -0.970. The minimum atomic E-state index is -1.58. The quantitative estimate of drug-likeness (QED) is 0.759. The van der Waals surface area contributed by atoms with Crippen LogP contribution in [0.5, 0.6) is 0 Å². The number of ether oxygens (including phenoxy) is 3. The molecule has 5 nitrogen and oxygen atoms in total. The van der Waals surface area contributed by atoms with E-state index in [1.165, 1.54) is 14.2 Å². The van der Waals surface area contributed by atoms with Gasteiger partial charge in [-0.2, -0.15) is 0 Å². The van der Waals surface area contributed by atoms with Crippen LogP contribution in [0.4, 0.5) is 4.79 Å². The van der Waals surface area contributed by atoms with Crippen molar-refractivity contribution < 1.29 is 19.0 Å². The maximum Gasteiger partial charge on any atom is 0.409 e. The van der Waals surface area contributed by atoms with Crippen molar-refractivity contribution in [3.05, 3.63) is 35.9 Å². The Morgan fingerprint density at radius 1 is 1.20 bits per heavy atom. The fourth-order valence-corrected chi connectivity index (χ4v) is 1.24. The van der Waals surface area contributed by atoms with Gasteiger partial charge in [0.05, 0.1) is 5.56 Å². The molecular formula is C10H13NO4. The molecule has 82 valence electrons. The number of hydrogen-bond acceptors (Lipinski definition) is 4. The summed E-state index contributed by atoms with van der Waals surface area (Å²) < 4.78 is 14.9. The zero-order valence-corrected chi connectivity index (χ0v) is 8.60. The highest BCUT2D eigenvalue weighted by Gasteiger charge is 2.36. The van der Waals surface area contributed by atoms with Crippen molar-refractivity contribution in [2.45, 2.75) is 5.97 Å². The molecule has 0 radical (unpaired) electrons. The molecule has 1 aromatic carbocycles. The van der Waals surface area contributed by atoms with Gasteiger partial charge in [0, 0.05) is 14.2 Å². The average molecular weight is 211 g/mol. The molecule has 0 aliphatic heterocycles. The number of hydrogen-bond donors (Lipinski definition) is 1. The second kappa shape index (κ2) is 4.77. The summed E-state index contributed by atoms with van der Waals surface area (Å²) in [5.74, 6) is -1.58. The number of methoxy groups -OCH3 is 2. The van der Waals surface area contributed by atoms with E-state index in [4.69, 9.17) is 19.9 Å². The largest absolute Gasteiger partial charge is 0.409 e. The molecule has 0 atom stereocenters. The average Bonchev–Trinajstić information content (AvgIpc) is 2.27. The third kappa shape index (κ3) is 2.45. The smallest absolute Gasteiger partial charge is 0.387 e. The van der Waals surface area contributed by atoms with E-state index in [0.29, 0.717) is 5.56 Å². The van der Waals surface area contributed by atoms with Crippen LogP contribution in [-0.4, -0.2) is 20.3 Å². The normalized spacial score (nSPS) is 11.1. The fourth-order valence-electron chi connectivity index (χ4n) is 1.24. The van der Waals surface area contributed by atoms with Gasteiger partial charge in [0.25, 0.3) is 0 Å². The van der Waals surface area contributed by atoms with E-state index >= 15 is 0 Å². The molecule has 15 heavy (non-hydrogen) atoms. The maximum absolute atomic E-state index is 10.7. The first-order chi connectivity index (χ1) is 7.14. The summed E-state index contributed by atoms with van der Waals surface area (Å²) in [6.45, 7) is 0. The van der Waals surface area contributed by atoms with Gasteiger partial charge < -0.3 is 19.9 Å². The van der Waals surface area contributed by atoms with Crippen molar-refractivity contribution >= 4 is 6.09 Å². The molecule has 0 heterocycles. The molecular weight excluding hydrogens is 198 g/mol. The first-order valence-electron chi connectivity index (χ1n) is 4.29. The number of primary amides is 1. The van der Waals surface area contributed by atoms with Crippen LogP contribution in [0.2, 0.25) is 0 Å². The molecule has 0 aliphatic rings. The molecule has 1 rings (SSSR count). The van der Waals surface area contributed by atoms with Crippen molar-refractivity contribution in [1.82, 2.24) is 0 Å². The number of carbonyl (C=O) groups excluding carboxylic acids is 1. The van der Waals surface area contributed by atoms with Crippen molar-refractivity contribution in [2.75, 3.05) is 14.2 Å². The van der Waals surface area contributed by atoms with Crippen LogP contribution < -0.4 is 5.73 Å². The minimum absolute atomic E-state index is 0.550.